The molecule has 1 N–H and O–H groups in total. The summed E-state index contributed by atoms with van der Waals surface area (Å²) in [5.41, 5.74) is 2.91. The minimum Gasteiger partial charge on any atom is -0.497 e. The summed E-state index contributed by atoms with van der Waals surface area (Å²) in [5.74, 6) is 1.87. The number of hydrogen-bond donors (Lipinski definition) is 1. The Morgan fingerprint density at radius 2 is 1.76 bits per heavy atom. The van der Waals surface area contributed by atoms with Crippen LogP contribution in [0.25, 0.3) is 5.69 Å². The summed E-state index contributed by atoms with van der Waals surface area (Å²) in [5, 5.41) is 12.7. The molecule has 0 saturated carbocycles. The predicted octanol–water partition coefficient (Wildman–Crippen LogP) is 4.86. The van der Waals surface area contributed by atoms with Gasteiger partial charge >= 0.3 is 0 Å². The Morgan fingerprint density at radius 3 is 2.42 bits per heavy atom. The molecule has 7 nitrogen and oxygen atoms in total. The smallest absolute Gasteiger partial charge is 0.234 e. The van der Waals surface area contributed by atoms with Crippen molar-refractivity contribution in [3.05, 3.63) is 59.9 Å². The molecule has 1 aromatic heterocycles. The zero-order chi connectivity index (χ0) is 23.2. The van der Waals surface area contributed by atoms with E-state index in [-0.39, 0.29) is 17.7 Å². The molecule has 4 rings (SSSR count). The lowest BCUT2D eigenvalue weighted by Gasteiger charge is -2.31. The number of carbonyl (C=O) groups is 1. The molecule has 8 heteroatoms. The molecule has 1 amide bonds. The highest BCUT2D eigenvalue weighted by atomic mass is 32.2. The first-order chi connectivity index (χ1) is 16.0. The number of hydrogen-bond acceptors (Lipinski definition) is 6. The van der Waals surface area contributed by atoms with Crippen LogP contribution in [0.3, 0.4) is 0 Å². The van der Waals surface area contributed by atoms with E-state index in [9.17, 15) is 4.79 Å². The van der Waals surface area contributed by atoms with Gasteiger partial charge in [0.05, 0.1) is 18.9 Å². The molecule has 174 valence electrons. The quantitative estimate of drug-likeness (QED) is 0.479. The van der Waals surface area contributed by atoms with Gasteiger partial charge in [0.2, 0.25) is 5.91 Å². The van der Waals surface area contributed by atoms with Crippen molar-refractivity contribution in [2.75, 3.05) is 31.3 Å². The molecule has 1 aliphatic heterocycles. The highest BCUT2D eigenvalue weighted by Crippen LogP contribution is 2.30. The van der Waals surface area contributed by atoms with Gasteiger partial charge in [-0.1, -0.05) is 35.9 Å². The second-order valence-electron chi connectivity index (χ2n) is 8.35. The van der Waals surface area contributed by atoms with Crippen molar-refractivity contribution < 1.29 is 9.53 Å². The summed E-state index contributed by atoms with van der Waals surface area (Å²) < 4.78 is 7.40. The van der Waals surface area contributed by atoms with Crippen LogP contribution in [0, 0.1) is 6.92 Å². The van der Waals surface area contributed by atoms with Crippen LogP contribution in [0.2, 0.25) is 0 Å². The Morgan fingerprint density at radius 1 is 1.06 bits per heavy atom. The third-order valence-corrected chi connectivity index (χ3v) is 6.90. The van der Waals surface area contributed by atoms with E-state index in [0.717, 1.165) is 41.6 Å². The first-order valence-electron chi connectivity index (χ1n) is 11.4. The fraction of sp³-hybridized carbons (Fsp3) is 0.400. The number of anilines is 1. The van der Waals surface area contributed by atoms with Gasteiger partial charge in [-0.15, -0.1) is 10.2 Å². The van der Waals surface area contributed by atoms with Gasteiger partial charge in [-0.3, -0.25) is 14.3 Å². The Bertz CT molecular complexity index is 1060. The molecule has 2 heterocycles. The standard InChI is InChI=1S/C25H31N5O2S/c1-18-7-9-20(10-8-18)26-23(31)17-33-25-28-27-24(19(2)29-15-5-4-6-16-29)30(25)21-11-13-22(32-3)14-12-21/h7-14,19H,4-6,15-17H2,1-3H3,(H,26,31)/t19-/m0/s1. The van der Waals surface area contributed by atoms with Gasteiger partial charge in [-0.2, -0.15) is 0 Å². The molecule has 2 aromatic carbocycles. The lowest BCUT2D eigenvalue weighted by Crippen LogP contribution is -2.33. The fourth-order valence-electron chi connectivity index (χ4n) is 4.05. The van der Waals surface area contributed by atoms with E-state index in [2.05, 4.69) is 31.9 Å². The van der Waals surface area contributed by atoms with Crippen LogP contribution >= 0.6 is 11.8 Å². The average Bonchev–Trinajstić information content (AvgIpc) is 3.28. The lowest BCUT2D eigenvalue weighted by molar-refractivity contribution is -0.113. The van der Waals surface area contributed by atoms with Gasteiger partial charge in [-0.05, 0) is 76.2 Å². The van der Waals surface area contributed by atoms with Gasteiger partial charge in [0.15, 0.2) is 11.0 Å². The average molecular weight is 466 g/mol. The van der Waals surface area contributed by atoms with Crippen LogP contribution < -0.4 is 10.1 Å². The van der Waals surface area contributed by atoms with Crippen molar-refractivity contribution in [2.45, 2.75) is 44.3 Å². The molecule has 1 fully saturated rings. The molecule has 0 radical (unpaired) electrons. The second-order valence-corrected chi connectivity index (χ2v) is 9.29. The number of likely N-dealkylation sites (tertiary alicyclic amines) is 1. The Hall–Kier alpha value is -2.84. The highest BCUT2D eigenvalue weighted by Gasteiger charge is 2.25. The van der Waals surface area contributed by atoms with Crippen molar-refractivity contribution in [2.24, 2.45) is 0 Å². The zero-order valence-electron chi connectivity index (χ0n) is 19.5. The number of piperidine rings is 1. The summed E-state index contributed by atoms with van der Waals surface area (Å²) in [6.07, 6.45) is 3.70. The zero-order valence-corrected chi connectivity index (χ0v) is 20.3. The van der Waals surface area contributed by atoms with Crippen molar-refractivity contribution in [1.29, 1.82) is 0 Å². The second kappa shape index (κ2) is 10.9. The van der Waals surface area contributed by atoms with Gasteiger partial charge < -0.3 is 10.1 Å². The predicted molar refractivity (Wildman–Crippen MR) is 132 cm³/mol. The summed E-state index contributed by atoms with van der Waals surface area (Å²) in [4.78, 5) is 15.0. The maximum Gasteiger partial charge on any atom is 0.234 e. The minimum atomic E-state index is -0.0706. The Balaban J connectivity index is 1.55. The number of carbonyl (C=O) groups excluding carboxylic acids is 1. The molecular weight excluding hydrogens is 434 g/mol. The van der Waals surface area contributed by atoms with Gasteiger partial charge in [0.25, 0.3) is 0 Å². The molecule has 33 heavy (non-hydrogen) atoms. The van der Waals surface area contributed by atoms with Gasteiger partial charge in [0.1, 0.15) is 5.75 Å². The van der Waals surface area contributed by atoms with Crippen molar-refractivity contribution in [3.63, 3.8) is 0 Å². The van der Waals surface area contributed by atoms with Crippen LogP contribution in [0.4, 0.5) is 5.69 Å². The molecule has 1 saturated heterocycles. The Labute approximate surface area is 199 Å². The first-order valence-corrected chi connectivity index (χ1v) is 12.4. The Kier molecular flexibility index (Phi) is 7.67. The van der Waals surface area contributed by atoms with E-state index in [1.54, 1.807) is 7.11 Å². The van der Waals surface area contributed by atoms with E-state index >= 15 is 0 Å². The van der Waals surface area contributed by atoms with Crippen molar-refractivity contribution in [3.8, 4) is 11.4 Å². The molecule has 0 aliphatic carbocycles. The number of aromatic nitrogens is 3. The largest absolute Gasteiger partial charge is 0.497 e. The van der Waals surface area contributed by atoms with Gasteiger partial charge in [0, 0.05) is 11.4 Å². The topological polar surface area (TPSA) is 72.3 Å². The first kappa shape index (κ1) is 23.3. The normalized spacial score (nSPS) is 15.2. The monoisotopic (exact) mass is 465 g/mol. The summed E-state index contributed by atoms with van der Waals surface area (Å²) in [6.45, 7) is 6.35. The third kappa shape index (κ3) is 5.75. The summed E-state index contributed by atoms with van der Waals surface area (Å²) in [7, 11) is 1.66. The number of methoxy groups -OCH3 is 1. The summed E-state index contributed by atoms with van der Waals surface area (Å²) >= 11 is 1.39. The van der Waals surface area contributed by atoms with E-state index in [1.807, 2.05) is 55.5 Å². The van der Waals surface area contributed by atoms with E-state index in [4.69, 9.17) is 4.74 Å². The van der Waals surface area contributed by atoms with Gasteiger partial charge in [-0.25, -0.2) is 0 Å². The van der Waals surface area contributed by atoms with Crippen LogP contribution in [0.1, 0.15) is 43.6 Å². The van der Waals surface area contributed by atoms with Crippen LogP contribution in [-0.2, 0) is 4.79 Å². The minimum absolute atomic E-state index is 0.0706. The van der Waals surface area contributed by atoms with Crippen LogP contribution in [0.15, 0.2) is 53.7 Å². The number of thioether (sulfide) groups is 1. The van der Waals surface area contributed by atoms with E-state index in [1.165, 1.54) is 31.0 Å². The van der Waals surface area contributed by atoms with E-state index in [0.29, 0.717) is 5.16 Å². The number of ether oxygens (including phenoxy) is 1. The molecule has 1 aliphatic rings. The van der Waals surface area contributed by atoms with Crippen LogP contribution in [-0.4, -0.2) is 51.5 Å². The number of amides is 1. The third-order valence-electron chi connectivity index (χ3n) is 5.97. The molecule has 0 unspecified atom stereocenters. The lowest BCUT2D eigenvalue weighted by atomic mass is 10.1. The maximum atomic E-state index is 12.6. The molecule has 1 atom stereocenters. The van der Waals surface area contributed by atoms with E-state index < -0.39 is 0 Å². The molecule has 3 aromatic rings. The number of nitrogens with zero attached hydrogens (tertiary/aromatic N) is 4. The fourth-order valence-corrected chi connectivity index (χ4v) is 4.81. The number of benzene rings is 2. The highest BCUT2D eigenvalue weighted by molar-refractivity contribution is 7.99. The maximum absolute atomic E-state index is 12.6. The molecule has 0 bridgehead atoms. The SMILES string of the molecule is COc1ccc(-n2c(SCC(=O)Nc3ccc(C)cc3)nnc2[C@H](C)N2CCCCC2)cc1. The number of nitrogens with one attached hydrogen (secondary N) is 1. The molecule has 0 spiro atoms. The number of rotatable bonds is 8. The summed E-state index contributed by atoms with van der Waals surface area (Å²) in [6, 6.07) is 15.8. The van der Waals surface area contributed by atoms with Crippen molar-refractivity contribution in [1.82, 2.24) is 19.7 Å². The van der Waals surface area contributed by atoms with Crippen LogP contribution in [0.5, 0.6) is 5.75 Å². The van der Waals surface area contributed by atoms with Crippen molar-refractivity contribution >= 4 is 23.4 Å². The molecular formula is C25H31N5O2S. The number of aryl methyl sites for hydroxylation is 1.